The first-order chi connectivity index (χ1) is 9.00. The largest absolute Gasteiger partial charge is 0.337 e. The fraction of sp³-hybridized carbons (Fsp3) is 0.500. The number of rotatable bonds is 2. The zero-order valence-electron chi connectivity index (χ0n) is 10.7. The predicted octanol–water partition coefficient (Wildman–Crippen LogP) is 4.05. The van der Waals surface area contributed by atoms with Crippen molar-refractivity contribution in [2.45, 2.75) is 37.1 Å². The third-order valence-electron chi connectivity index (χ3n) is 3.63. The molecule has 0 radical (unpaired) electrons. The molecule has 0 spiro atoms. The Morgan fingerprint density at radius 3 is 2.74 bits per heavy atom. The topological polar surface area (TPSA) is 20.3 Å². The molecule has 5 heteroatoms. The lowest BCUT2D eigenvalue weighted by Crippen LogP contribution is -2.44. The maximum absolute atomic E-state index is 13.1. The smallest absolute Gasteiger partial charge is 0.254 e. The molecule has 1 aromatic rings. The summed E-state index contributed by atoms with van der Waals surface area (Å²) in [6.07, 6.45) is 4.12. The molecule has 1 saturated carbocycles. The maximum Gasteiger partial charge on any atom is 0.254 e. The van der Waals surface area contributed by atoms with Crippen LogP contribution in [0, 0.1) is 9.39 Å². The van der Waals surface area contributed by atoms with Gasteiger partial charge in [-0.05, 0) is 53.6 Å². The normalized spacial score (nSPS) is 23.2. The standard InChI is InChI=1S/C14H16ClFINO/c1-18(13-5-3-2-4-11(13)15)14(19)10-7-6-9(16)8-12(10)17/h6-8,11,13H,2-5H2,1H3. The van der Waals surface area contributed by atoms with Crippen molar-refractivity contribution in [3.05, 3.63) is 33.1 Å². The van der Waals surface area contributed by atoms with Gasteiger partial charge in [0, 0.05) is 16.7 Å². The number of benzene rings is 1. The quantitative estimate of drug-likeness (QED) is 0.546. The molecule has 0 saturated heterocycles. The van der Waals surface area contributed by atoms with Gasteiger partial charge in [-0.25, -0.2) is 4.39 Å². The minimum absolute atomic E-state index is 0.0146. The molecule has 1 aliphatic rings. The monoisotopic (exact) mass is 395 g/mol. The molecule has 2 rings (SSSR count). The van der Waals surface area contributed by atoms with E-state index in [1.165, 1.54) is 12.1 Å². The molecule has 2 atom stereocenters. The van der Waals surface area contributed by atoms with Gasteiger partial charge in [-0.15, -0.1) is 11.6 Å². The molecule has 0 N–H and O–H groups in total. The van der Waals surface area contributed by atoms with Crippen molar-refractivity contribution >= 4 is 40.1 Å². The Kier molecular flexibility index (Phi) is 5.06. The first-order valence-electron chi connectivity index (χ1n) is 6.37. The second-order valence-electron chi connectivity index (χ2n) is 4.91. The van der Waals surface area contributed by atoms with Crippen LogP contribution < -0.4 is 0 Å². The maximum atomic E-state index is 13.1. The van der Waals surface area contributed by atoms with Gasteiger partial charge in [0.25, 0.3) is 5.91 Å². The molecule has 0 bridgehead atoms. The highest BCUT2D eigenvalue weighted by molar-refractivity contribution is 14.1. The van der Waals surface area contributed by atoms with Gasteiger partial charge in [0.05, 0.1) is 10.9 Å². The number of hydrogen-bond acceptors (Lipinski definition) is 1. The molecule has 2 nitrogen and oxygen atoms in total. The van der Waals surface area contributed by atoms with Crippen molar-refractivity contribution in [1.82, 2.24) is 4.90 Å². The Hall–Kier alpha value is -0.360. The van der Waals surface area contributed by atoms with Crippen molar-refractivity contribution in [1.29, 1.82) is 0 Å². The molecule has 104 valence electrons. The average molecular weight is 396 g/mol. The van der Waals surface area contributed by atoms with E-state index in [4.69, 9.17) is 11.6 Å². The third kappa shape index (κ3) is 3.40. The number of nitrogens with zero attached hydrogens (tertiary/aromatic N) is 1. The summed E-state index contributed by atoms with van der Waals surface area (Å²) >= 11 is 8.31. The highest BCUT2D eigenvalue weighted by atomic mass is 127. The summed E-state index contributed by atoms with van der Waals surface area (Å²) in [4.78, 5) is 14.2. The first kappa shape index (κ1) is 15.0. The molecule has 0 aliphatic heterocycles. The van der Waals surface area contributed by atoms with Gasteiger partial charge in [-0.3, -0.25) is 4.79 Å². The molecule has 19 heavy (non-hydrogen) atoms. The van der Waals surface area contributed by atoms with Gasteiger partial charge in [0.1, 0.15) is 5.82 Å². The summed E-state index contributed by atoms with van der Waals surface area (Å²) in [5, 5.41) is 0.0146. The zero-order chi connectivity index (χ0) is 14.0. The lowest BCUT2D eigenvalue weighted by molar-refractivity contribution is 0.0699. The molecule has 0 aromatic heterocycles. The van der Waals surface area contributed by atoms with Crippen LogP contribution in [0.4, 0.5) is 4.39 Å². The van der Waals surface area contributed by atoms with E-state index in [0.717, 1.165) is 25.7 Å². The van der Waals surface area contributed by atoms with Gasteiger partial charge in [0.2, 0.25) is 0 Å². The Balaban J connectivity index is 2.18. The lowest BCUT2D eigenvalue weighted by atomic mass is 9.93. The number of halogens is 3. The van der Waals surface area contributed by atoms with E-state index in [9.17, 15) is 9.18 Å². The molecule has 1 amide bonds. The predicted molar refractivity (Wildman–Crippen MR) is 83.1 cm³/mol. The Labute approximate surface area is 131 Å². The number of alkyl halides is 1. The van der Waals surface area contributed by atoms with Crippen LogP contribution in [0.5, 0.6) is 0 Å². The van der Waals surface area contributed by atoms with Crippen LogP contribution in [-0.2, 0) is 0 Å². The van der Waals surface area contributed by atoms with Crippen molar-refractivity contribution in [2.75, 3.05) is 7.05 Å². The van der Waals surface area contributed by atoms with Gasteiger partial charge in [-0.1, -0.05) is 12.8 Å². The summed E-state index contributed by atoms with van der Waals surface area (Å²) in [5.41, 5.74) is 0.541. The highest BCUT2D eigenvalue weighted by Crippen LogP contribution is 2.28. The third-order valence-corrected chi connectivity index (χ3v) is 5.03. The summed E-state index contributed by atoms with van der Waals surface area (Å²) in [6, 6.07) is 4.31. The minimum atomic E-state index is -0.323. The van der Waals surface area contributed by atoms with Gasteiger partial charge < -0.3 is 4.90 Å². The van der Waals surface area contributed by atoms with Crippen LogP contribution in [0.2, 0.25) is 0 Å². The van der Waals surface area contributed by atoms with Gasteiger partial charge >= 0.3 is 0 Å². The van der Waals surface area contributed by atoms with Crippen molar-refractivity contribution in [2.24, 2.45) is 0 Å². The van der Waals surface area contributed by atoms with E-state index in [0.29, 0.717) is 9.13 Å². The lowest BCUT2D eigenvalue weighted by Gasteiger charge is -2.35. The number of hydrogen-bond donors (Lipinski definition) is 0. The van der Waals surface area contributed by atoms with Crippen LogP contribution in [0.25, 0.3) is 0 Å². The van der Waals surface area contributed by atoms with Crippen LogP contribution >= 0.6 is 34.2 Å². The average Bonchev–Trinajstić information content (AvgIpc) is 2.38. The van der Waals surface area contributed by atoms with Crippen LogP contribution in [0.15, 0.2) is 18.2 Å². The molecule has 1 aromatic carbocycles. The second-order valence-corrected chi connectivity index (χ2v) is 6.63. The number of carbonyl (C=O) groups is 1. The fourth-order valence-corrected chi connectivity index (χ4v) is 3.66. The van der Waals surface area contributed by atoms with E-state index in [1.807, 2.05) is 22.6 Å². The fourth-order valence-electron chi connectivity index (χ4n) is 2.51. The first-order valence-corrected chi connectivity index (χ1v) is 7.88. The summed E-state index contributed by atoms with van der Waals surface area (Å²) in [5.74, 6) is -0.404. The van der Waals surface area contributed by atoms with Gasteiger partial charge in [-0.2, -0.15) is 0 Å². The SMILES string of the molecule is CN(C(=O)c1ccc(F)cc1I)C1CCCCC1Cl. The van der Waals surface area contributed by atoms with Crippen LogP contribution in [0.3, 0.4) is 0 Å². The van der Waals surface area contributed by atoms with Crippen molar-refractivity contribution in [3.8, 4) is 0 Å². The molecule has 2 unspecified atom stereocenters. The van der Waals surface area contributed by atoms with Crippen molar-refractivity contribution < 1.29 is 9.18 Å². The summed E-state index contributed by atoms with van der Waals surface area (Å²) in [6.45, 7) is 0. The number of amides is 1. The van der Waals surface area contributed by atoms with E-state index in [2.05, 4.69) is 0 Å². The summed E-state index contributed by atoms with van der Waals surface area (Å²) < 4.78 is 13.7. The van der Waals surface area contributed by atoms with Crippen LogP contribution in [-0.4, -0.2) is 29.3 Å². The molecule has 1 fully saturated rings. The Bertz CT molecular complexity index is 483. The minimum Gasteiger partial charge on any atom is -0.337 e. The van der Waals surface area contributed by atoms with Crippen LogP contribution in [0.1, 0.15) is 36.0 Å². The Morgan fingerprint density at radius 1 is 1.42 bits per heavy atom. The van der Waals surface area contributed by atoms with E-state index in [-0.39, 0.29) is 23.1 Å². The van der Waals surface area contributed by atoms with Crippen molar-refractivity contribution in [3.63, 3.8) is 0 Å². The second kappa shape index (κ2) is 6.39. The molecular formula is C14H16ClFINO. The number of carbonyl (C=O) groups excluding carboxylic acids is 1. The zero-order valence-corrected chi connectivity index (χ0v) is 13.6. The molecule has 0 heterocycles. The summed E-state index contributed by atoms with van der Waals surface area (Å²) in [7, 11) is 1.78. The Morgan fingerprint density at radius 2 is 2.11 bits per heavy atom. The van der Waals surface area contributed by atoms with E-state index < -0.39 is 0 Å². The molecule has 1 aliphatic carbocycles. The van der Waals surface area contributed by atoms with Gasteiger partial charge in [0.15, 0.2) is 0 Å². The van der Waals surface area contributed by atoms with E-state index in [1.54, 1.807) is 18.0 Å². The molecular weight excluding hydrogens is 380 g/mol. The highest BCUT2D eigenvalue weighted by Gasteiger charge is 2.30. The van der Waals surface area contributed by atoms with E-state index >= 15 is 0 Å².